The normalized spacial score (nSPS) is 14.5. The second-order valence-corrected chi connectivity index (χ2v) is 4.77. The number of rotatable bonds is 4. The molecule has 0 bridgehead atoms. The largest absolute Gasteiger partial charge is 0.292 e. The van der Waals surface area contributed by atoms with E-state index in [9.17, 15) is 5.26 Å². The van der Waals surface area contributed by atoms with Gasteiger partial charge in [0, 0.05) is 0 Å². The zero-order valence-electron chi connectivity index (χ0n) is 10.6. The Kier molecular flexibility index (Phi) is 4.09. The highest BCUT2D eigenvalue weighted by molar-refractivity contribution is 5.22. The standard InChI is InChI=1S/C14H20N2/c1-12-5-7-13(8-6-12)9-10-14(2,11-15)16(3)4/h5-8H,9-10H2,1-4H3. The average molecular weight is 216 g/mol. The molecule has 0 heterocycles. The van der Waals surface area contributed by atoms with Crippen LogP contribution in [-0.2, 0) is 6.42 Å². The molecule has 0 saturated carbocycles. The molecule has 1 aromatic rings. The van der Waals surface area contributed by atoms with E-state index in [1.807, 2.05) is 25.9 Å². The van der Waals surface area contributed by atoms with Gasteiger partial charge in [-0.3, -0.25) is 4.90 Å². The van der Waals surface area contributed by atoms with Gasteiger partial charge >= 0.3 is 0 Å². The Morgan fingerprint density at radius 3 is 2.25 bits per heavy atom. The fraction of sp³-hybridized carbons (Fsp3) is 0.500. The van der Waals surface area contributed by atoms with Crippen LogP contribution in [0.2, 0.25) is 0 Å². The topological polar surface area (TPSA) is 27.0 Å². The van der Waals surface area contributed by atoms with Gasteiger partial charge in [0.25, 0.3) is 0 Å². The van der Waals surface area contributed by atoms with E-state index in [1.165, 1.54) is 11.1 Å². The van der Waals surface area contributed by atoms with Gasteiger partial charge in [-0.25, -0.2) is 0 Å². The molecule has 1 atom stereocenters. The van der Waals surface area contributed by atoms with Crippen molar-refractivity contribution >= 4 is 0 Å². The van der Waals surface area contributed by atoms with Crippen molar-refractivity contribution in [2.45, 2.75) is 32.2 Å². The minimum atomic E-state index is -0.370. The second kappa shape index (κ2) is 5.14. The lowest BCUT2D eigenvalue weighted by atomic mass is 9.93. The Bertz CT molecular complexity index is 373. The molecule has 1 aromatic carbocycles. The quantitative estimate of drug-likeness (QED) is 0.774. The van der Waals surface area contributed by atoms with Gasteiger partial charge in [0.05, 0.1) is 6.07 Å². The first-order chi connectivity index (χ1) is 7.48. The van der Waals surface area contributed by atoms with Gasteiger partial charge in [-0.15, -0.1) is 0 Å². The maximum absolute atomic E-state index is 9.19. The van der Waals surface area contributed by atoms with E-state index in [0.717, 1.165) is 12.8 Å². The van der Waals surface area contributed by atoms with Crippen molar-refractivity contribution in [2.24, 2.45) is 0 Å². The van der Waals surface area contributed by atoms with Crippen molar-refractivity contribution in [1.82, 2.24) is 4.90 Å². The van der Waals surface area contributed by atoms with Crippen LogP contribution in [0.15, 0.2) is 24.3 Å². The number of benzene rings is 1. The van der Waals surface area contributed by atoms with Crippen LogP contribution >= 0.6 is 0 Å². The summed E-state index contributed by atoms with van der Waals surface area (Å²) in [5, 5.41) is 9.19. The number of aryl methyl sites for hydroxylation is 2. The summed E-state index contributed by atoms with van der Waals surface area (Å²) in [4.78, 5) is 1.99. The van der Waals surface area contributed by atoms with Crippen LogP contribution in [-0.4, -0.2) is 24.5 Å². The highest BCUT2D eigenvalue weighted by Crippen LogP contribution is 2.18. The second-order valence-electron chi connectivity index (χ2n) is 4.77. The Hall–Kier alpha value is -1.33. The van der Waals surface area contributed by atoms with Crippen molar-refractivity contribution in [1.29, 1.82) is 5.26 Å². The number of nitriles is 1. The van der Waals surface area contributed by atoms with Gasteiger partial charge in [-0.2, -0.15) is 5.26 Å². The first-order valence-electron chi connectivity index (χ1n) is 5.62. The number of nitrogens with zero attached hydrogens (tertiary/aromatic N) is 2. The molecule has 0 aliphatic carbocycles. The molecule has 86 valence electrons. The van der Waals surface area contributed by atoms with Crippen LogP contribution in [0.5, 0.6) is 0 Å². The summed E-state index contributed by atoms with van der Waals surface area (Å²) in [6, 6.07) is 10.9. The molecule has 0 radical (unpaired) electrons. The predicted molar refractivity (Wildman–Crippen MR) is 67.2 cm³/mol. The van der Waals surface area contributed by atoms with E-state index in [2.05, 4.69) is 37.3 Å². The van der Waals surface area contributed by atoms with Crippen LogP contribution in [0.3, 0.4) is 0 Å². The molecule has 2 nitrogen and oxygen atoms in total. The summed E-state index contributed by atoms with van der Waals surface area (Å²) >= 11 is 0. The number of hydrogen-bond acceptors (Lipinski definition) is 2. The Labute approximate surface area is 98.5 Å². The summed E-state index contributed by atoms with van der Waals surface area (Å²) in [6.07, 6.45) is 1.81. The van der Waals surface area contributed by atoms with Gasteiger partial charge in [0.15, 0.2) is 0 Å². The summed E-state index contributed by atoms with van der Waals surface area (Å²) in [5.41, 5.74) is 2.21. The van der Waals surface area contributed by atoms with Gasteiger partial charge in [-0.05, 0) is 46.3 Å². The molecule has 2 heteroatoms. The third kappa shape index (κ3) is 3.08. The van der Waals surface area contributed by atoms with E-state index >= 15 is 0 Å². The molecule has 0 N–H and O–H groups in total. The molecular formula is C14H20N2. The molecule has 0 amide bonds. The molecule has 0 fully saturated rings. The van der Waals surface area contributed by atoms with Crippen LogP contribution < -0.4 is 0 Å². The third-order valence-corrected chi connectivity index (χ3v) is 3.25. The van der Waals surface area contributed by atoms with Crippen molar-refractivity contribution < 1.29 is 0 Å². The molecule has 0 saturated heterocycles. The predicted octanol–water partition coefficient (Wildman–Crippen LogP) is 2.77. The van der Waals surface area contributed by atoms with Gasteiger partial charge in [0.2, 0.25) is 0 Å². The molecule has 0 aromatic heterocycles. The zero-order chi connectivity index (χ0) is 12.2. The lowest BCUT2D eigenvalue weighted by Gasteiger charge is -2.29. The van der Waals surface area contributed by atoms with E-state index in [4.69, 9.17) is 0 Å². The Morgan fingerprint density at radius 2 is 1.81 bits per heavy atom. The SMILES string of the molecule is Cc1ccc(CCC(C)(C#N)N(C)C)cc1. The van der Waals surface area contributed by atoms with Crippen LogP contribution in [0.25, 0.3) is 0 Å². The fourth-order valence-electron chi connectivity index (χ4n) is 1.52. The molecule has 1 unspecified atom stereocenters. The lowest BCUT2D eigenvalue weighted by molar-refractivity contribution is 0.224. The Balaban J connectivity index is 2.64. The minimum Gasteiger partial charge on any atom is -0.292 e. The van der Waals surface area contributed by atoms with Crippen LogP contribution in [0.1, 0.15) is 24.5 Å². The molecule has 0 aliphatic rings. The summed E-state index contributed by atoms with van der Waals surface area (Å²) in [5.74, 6) is 0. The van der Waals surface area contributed by atoms with E-state index in [0.29, 0.717) is 0 Å². The third-order valence-electron chi connectivity index (χ3n) is 3.25. The average Bonchev–Trinajstić information content (AvgIpc) is 2.27. The van der Waals surface area contributed by atoms with Gasteiger partial charge in [0.1, 0.15) is 5.54 Å². The van der Waals surface area contributed by atoms with E-state index in [1.54, 1.807) is 0 Å². The summed E-state index contributed by atoms with van der Waals surface area (Å²) in [7, 11) is 3.91. The molecule has 1 rings (SSSR count). The van der Waals surface area contributed by atoms with Crippen molar-refractivity contribution in [3.05, 3.63) is 35.4 Å². The van der Waals surface area contributed by atoms with E-state index in [-0.39, 0.29) is 5.54 Å². The van der Waals surface area contributed by atoms with Gasteiger partial charge in [-0.1, -0.05) is 29.8 Å². The maximum Gasteiger partial charge on any atom is 0.106 e. The summed E-state index contributed by atoms with van der Waals surface area (Å²) in [6.45, 7) is 4.07. The molecule has 16 heavy (non-hydrogen) atoms. The zero-order valence-corrected chi connectivity index (χ0v) is 10.6. The highest BCUT2D eigenvalue weighted by atomic mass is 15.1. The molecular weight excluding hydrogens is 196 g/mol. The maximum atomic E-state index is 9.19. The van der Waals surface area contributed by atoms with Crippen molar-refractivity contribution in [3.63, 3.8) is 0 Å². The van der Waals surface area contributed by atoms with Gasteiger partial charge < -0.3 is 0 Å². The summed E-state index contributed by atoms with van der Waals surface area (Å²) < 4.78 is 0. The highest BCUT2D eigenvalue weighted by Gasteiger charge is 2.25. The monoisotopic (exact) mass is 216 g/mol. The first-order valence-corrected chi connectivity index (χ1v) is 5.62. The van der Waals surface area contributed by atoms with Crippen molar-refractivity contribution in [3.8, 4) is 6.07 Å². The Morgan fingerprint density at radius 1 is 1.25 bits per heavy atom. The first kappa shape index (κ1) is 12.7. The minimum absolute atomic E-state index is 0.370. The van der Waals surface area contributed by atoms with Crippen molar-refractivity contribution in [2.75, 3.05) is 14.1 Å². The molecule has 0 aliphatic heterocycles. The van der Waals surface area contributed by atoms with Crippen LogP contribution in [0.4, 0.5) is 0 Å². The van der Waals surface area contributed by atoms with Crippen LogP contribution in [0, 0.1) is 18.3 Å². The lowest BCUT2D eigenvalue weighted by Crippen LogP contribution is -2.40. The van der Waals surface area contributed by atoms with E-state index < -0.39 is 0 Å². The fourth-order valence-corrected chi connectivity index (χ4v) is 1.52. The number of hydrogen-bond donors (Lipinski definition) is 0. The molecule has 0 spiro atoms. The smallest absolute Gasteiger partial charge is 0.106 e.